The van der Waals surface area contributed by atoms with E-state index in [1.54, 1.807) is 24.0 Å². The van der Waals surface area contributed by atoms with Crippen molar-refractivity contribution in [3.63, 3.8) is 0 Å². The monoisotopic (exact) mass is 465 g/mol. The molecule has 6 nitrogen and oxygen atoms in total. The maximum Gasteiger partial charge on any atom is 0.387 e. The minimum absolute atomic E-state index is 0.0940. The number of alkyl halides is 2. The molecule has 1 aliphatic heterocycles. The Morgan fingerprint density at radius 1 is 1.09 bits per heavy atom. The molecule has 2 aromatic rings. The molecule has 1 saturated heterocycles. The van der Waals surface area contributed by atoms with Gasteiger partial charge in [-0.1, -0.05) is 29.8 Å². The molecule has 0 bridgehead atoms. The predicted octanol–water partition coefficient (Wildman–Crippen LogP) is 4.34. The first-order chi connectivity index (χ1) is 15.2. The number of nitrogens with one attached hydrogen (secondary N) is 1. The lowest BCUT2D eigenvalue weighted by molar-refractivity contribution is -0.121. The van der Waals surface area contributed by atoms with Crippen molar-refractivity contribution in [3.05, 3.63) is 58.1 Å². The first-order valence-electron chi connectivity index (χ1n) is 10.3. The van der Waals surface area contributed by atoms with Crippen molar-refractivity contribution in [1.82, 2.24) is 9.80 Å². The van der Waals surface area contributed by atoms with Crippen LogP contribution in [0, 0.1) is 13.8 Å². The number of anilines is 1. The average Bonchev–Trinajstić information content (AvgIpc) is 2.75. The summed E-state index contributed by atoms with van der Waals surface area (Å²) in [5.74, 6) is -0.706. The van der Waals surface area contributed by atoms with Gasteiger partial charge < -0.3 is 15.0 Å². The maximum absolute atomic E-state index is 12.8. The fourth-order valence-corrected chi connectivity index (χ4v) is 4.16. The van der Waals surface area contributed by atoms with Crippen LogP contribution in [-0.4, -0.2) is 60.4 Å². The normalized spacial score (nSPS) is 15.5. The summed E-state index contributed by atoms with van der Waals surface area (Å²) in [6.45, 7) is 4.29. The molecule has 1 N–H and O–H groups in total. The van der Waals surface area contributed by atoms with Crippen molar-refractivity contribution in [1.29, 1.82) is 0 Å². The Hall–Kier alpha value is -2.71. The Bertz CT molecular complexity index is 971. The second-order valence-corrected chi connectivity index (χ2v) is 8.21. The van der Waals surface area contributed by atoms with E-state index >= 15 is 0 Å². The molecule has 3 rings (SSSR count). The summed E-state index contributed by atoms with van der Waals surface area (Å²) in [7, 11) is 0. The highest BCUT2D eigenvalue weighted by atomic mass is 35.5. The predicted molar refractivity (Wildman–Crippen MR) is 120 cm³/mol. The summed E-state index contributed by atoms with van der Waals surface area (Å²) in [6, 6.07) is 9.27. The third-order valence-corrected chi connectivity index (χ3v) is 5.84. The van der Waals surface area contributed by atoms with E-state index in [1.807, 2.05) is 24.8 Å². The Morgan fingerprint density at radius 2 is 1.75 bits per heavy atom. The Morgan fingerprint density at radius 3 is 2.38 bits per heavy atom. The topological polar surface area (TPSA) is 61.9 Å². The number of aryl methyl sites for hydroxylation is 2. The van der Waals surface area contributed by atoms with Gasteiger partial charge >= 0.3 is 6.61 Å². The molecule has 0 saturated carbocycles. The van der Waals surface area contributed by atoms with Crippen molar-refractivity contribution in [2.45, 2.75) is 33.4 Å². The summed E-state index contributed by atoms with van der Waals surface area (Å²) in [5.41, 5.74) is 2.59. The highest BCUT2D eigenvalue weighted by molar-refractivity contribution is 6.34. The summed E-state index contributed by atoms with van der Waals surface area (Å²) in [6.07, 6.45) is 0. The zero-order chi connectivity index (χ0) is 23.4. The summed E-state index contributed by atoms with van der Waals surface area (Å²) in [4.78, 5) is 29.2. The van der Waals surface area contributed by atoms with Gasteiger partial charge in [0, 0.05) is 26.2 Å². The van der Waals surface area contributed by atoms with Gasteiger partial charge in [0.1, 0.15) is 5.75 Å². The van der Waals surface area contributed by atoms with Gasteiger partial charge in [-0.15, -0.1) is 0 Å². The number of carbonyl (C=O) groups excluding carboxylic acids is 2. The van der Waals surface area contributed by atoms with Gasteiger partial charge in [0.05, 0.1) is 22.3 Å². The zero-order valence-electron chi connectivity index (χ0n) is 18.2. The molecule has 1 fully saturated rings. The van der Waals surface area contributed by atoms with Crippen LogP contribution in [0.2, 0.25) is 5.02 Å². The molecule has 2 amide bonds. The van der Waals surface area contributed by atoms with E-state index in [0.717, 1.165) is 11.1 Å². The Kier molecular flexibility index (Phi) is 7.69. The van der Waals surface area contributed by atoms with Crippen LogP contribution in [0.1, 0.15) is 28.4 Å². The largest absolute Gasteiger partial charge is 0.434 e. The molecule has 1 unspecified atom stereocenters. The van der Waals surface area contributed by atoms with Crippen LogP contribution in [0.5, 0.6) is 5.75 Å². The second kappa shape index (κ2) is 10.3. The molecule has 1 heterocycles. The highest BCUT2D eigenvalue weighted by Gasteiger charge is 2.29. The van der Waals surface area contributed by atoms with Crippen molar-refractivity contribution in [2.24, 2.45) is 0 Å². The molecule has 0 radical (unpaired) electrons. The number of ether oxygens (including phenoxy) is 1. The summed E-state index contributed by atoms with van der Waals surface area (Å²) < 4.78 is 29.8. The molecular formula is C23H26ClF2N3O3. The zero-order valence-corrected chi connectivity index (χ0v) is 19.0. The van der Waals surface area contributed by atoms with Crippen molar-refractivity contribution < 1.29 is 23.1 Å². The number of para-hydroxylation sites is 1. The van der Waals surface area contributed by atoms with Gasteiger partial charge in [0.25, 0.3) is 5.91 Å². The molecular weight excluding hydrogens is 440 g/mol. The third-order valence-electron chi connectivity index (χ3n) is 5.54. The molecule has 172 valence electrons. The minimum Gasteiger partial charge on any atom is -0.434 e. The van der Waals surface area contributed by atoms with Gasteiger partial charge in [-0.05, 0) is 50.1 Å². The van der Waals surface area contributed by atoms with Crippen LogP contribution in [0.3, 0.4) is 0 Å². The van der Waals surface area contributed by atoms with Crippen LogP contribution >= 0.6 is 11.6 Å². The van der Waals surface area contributed by atoms with Gasteiger partial charge in [0.15, 0.2) is 0 Å². The lowest BCUT2D eigenvalue weighted by Crippen LogP contribution is -2.54. The van der Waals surface area contributed by atoms with E-state index in [2.05, 4.69) is 10.1 Å². The van der Waals surface area contributed by atoms with Gasteiger partial charge in [0.2, 0.25) is 5.91 Å². The van der Waals surface area contributed by atoms with Gasteiger partial charge in [-0.2, -0.15) is 8.78 Å². The SMILES string of the molecule is Cc1cc(C)c(NC(=O)C(C)N2CCN(C(=O)c3ccccc3OC(F)F)CC2)c(Cl)c1. The molecule has 0 spiro atoms. The second-order valence-electron chi connectivity index (χ2n) is 7.81. The van der Waals surface area contributed by atoms with Crippen LogP contribution < -0.4 is 10.1 Å². The fraction of sp³-hybridized carbons (Fsp3) is 0.391. The standard InChI is InChI=1S/C23H26ClF2N3O3/c1-14-12-15(2)20(18(24)13-14)27-21(30)16(3)28-8-10-29(11-9-28)22(31)17-6-4-5-7-19(17)32-23(25)26/h4-7,12-13,16,23H,8-11H2,1-3H3,(H,27,30). The van der Waals surface area contributed by atoms with Crippen molar-refractivity contribution >= 4 is 29.1 Å². The lowest BCUT2D eigenvalue weighted by atomic mass is 10.1. The van der Waals surface area contributed by atoms with Crippen LogP contribution in [0.4, 0.5) is 14.5 Å². The van der Waals surface area contributed by atoms with E-state index in [9.17, 15) is 18.4 Å². The number of rotatable bonds is 6. The molecule has 32 heavy (non-hydrogen) atoms. The van der Waals surface area contributed by atoms with Crippen LogP contribution in [0.25, 0.3) is 0 Å². The number of carbonyl (C=O) groups is 2. The first-order valence-corrected chi connectivity index (χ1v) is 10.7. The summed E-state index contributed by atoms with van der Waals surface area (Å²) >= 11 is 6.30. The smallest absolute Gasteiger partial charge is 0.387 e. The number of piperazine rings is 1. The molecule has 0 aliphatic carbocycles. The first kappa shape index (κ1) is 23.9. The number of amides is 2. The number of benzene rings is 2. The lowest BCUT2D eigenvalue weighted by Gasteiger charge is -2.37. The van der Waals surface area contributed by atoms with Crippen LogP contribution in [0.15, 0.2) is 36.4 Å². The van der Waals surface area contributed by atoms with Crippen molar-refractivity contribution in [2.75, 3.05) is 31.5 Å². The Labute approximate surface area is 191 Å². The quantitative estimate of drug-likeness (QED) is 0.689. The van der Waals surface area contributed by atoms with Gasteiger partial charge in [-0.3, -0.25) is 14.5 Å². The number of nitrogens with zero attached hydrogens (tertiary/aromatic N) is 2. The number of halogens is 3. The van der Waals surface area contributed by atoms with Crippen LogP contribution in [-0.2, 0) is 4.79 Å². The van der Waals surface area contributed by atoms with E-state index in [1.165, 1.54) is 18.2 Å². The molecule has 1 atom stereocenters. The average molecular weight is 466 g/mol. The molecule has 9 heteroatoms. The minimum atomic E-state index is -3.01. The van der Waals surface area contributed by atoms with Gasteiger partial charge in [-0.25, -0.2) is 0 Å². The highest BCUT2D eigenvalue weighted by Crippen LogP contribution is 2.28. The third kappa shape index (κ3) is 5.55. The molecule has 1 aliphatic rings. The number of hydrogen-bond donors (Lipinski definition) is 1. The van der Waals surface area contributed by atoms with E-state index in [4.69, 9.17) is 11.6 Å². The van der Waals surface area contributed by atoms with Crippen molar-refractivity contribution in [3.8, 4) is 5.75 Å². The fourth-order valence-electron chi connectivity index (χ4n) is 3.79. The summed E-state index contributed by atoms with van der Waals surface area (Å²) in [5, 5.41) is 3.40. The van der Waals surface area contributed by atoms with E-state index < -0.39 is 12.7 Å². The molecule has 0 aromatic heterocycles. The Balaban J connectivity index is 1.61. The van der Waals surface area contributed by atoms with E-state index in [-0.39, 0.29) is 23.1 Å². The maximum atomic E-state index is 12.8. The number of hydrogen-bond acceptors (Lipinski definition) is 4. The molecule has 2 aromatic carbocycles. The van der Waals surface area contributed by atoms with E-state index in [0.29, 0.717) is 36.9 Å².